The molecule has 0 spiro atoms. The molecule has 0 saturated heterocycles. The van der Waals surface area contributed by atoms with Crippen LogP contribution in [0, 0.1) is 17.2 Å². The first-order valence-corrected chi connectivity index (χ1v) is 6.42. The maximum absolute atomic E-state index is 9.53. The Morgan fingerprint density at radius 1 is 1.11 bits per heavy atom. The molecule has 0 aliphatic rings. The standard InChI is InChI=1S/C17H17NO/c1-12(2)8-13-4-3-5-14(9-13)15-6-7-17(19)16(10-15)11-18/h3-7,9-10,12,19H,8H2,1-2H3. The van der Waals surface area contributed by atoms with Gasteiger partial charge in [-0.2, -0.15) is 5.26 Å². The van der Waals surface area contributed by atoms with Crippen LogP contribution in [0.3, 0.4) is 0 Å². The molecule has 2 nitrogen and oxygen atoms in total. The van der Waals surface area contributed by atoms with Gasteiger partial charge in [0.25, 0.3) is 0 Å². The van der Waals surface area contributed by atoms with Crippen LogP contribution in [0.15, 0.2) is 42.5 Å². The molecule has 2 aromatic rings. The number of phenolic OH excluding ortho intramolecular Hbond substituents is 1. The van der Waals surface area contributed by atoms with Crippen LogP contribution in [0.25, 0.3) is 11.1 Å². The fraction of sp³-hybridized carbons (Fsp3) is 0.235. The highest BCUT2D eigenvalue weighted by Crippen LogP contribution is 2.26. The molecule has 19 heavy (non-hydrogen) atoms. The minimum Gasteiger partial charge on any atom is -0.507 e. The molecule has 96 valence electrons. The fourth-order valence-corrected chi connectivity index (χ4v) is 2.15. The molecule has 0 bridgehead atoms. The second kappa shape index (κ2) is 5.58. The number of phenols is 1. The number of rotatable bonds is 3. The molecule has 2 heteroatoms. The van der Waals surface area contributed by atoms with Crippen molar-refractivity contribution in [3.63, 3.8) is 0 Å². The molecule has 0 unspecified atom stereocenters. The Morgan fingerprint density at radius 3 is 2.53 bits per heavy atom. The van der Waals surface area contributed by atoms with E-state index in [1.165, 1.54) is 5.56 Å². The first kappa shape index (κ1) is 13.2. The molecular weight excluding hydrogens is 234 g/mol. The third-order valence-electron chi connectivity index (χ3n) is 3.02. The third-order valence-corrected chi connectivity index (χ3v) is 3.02. The summed E-state index contributed by atoms with van der Waals surface area (Å²) in [5.74, 6) is 0.648. The van der Waals surface area contributed by atoms with Gasteiger partial charge in [0, 0.05) is 0 Å². The van der Waals surface area contributed by atoms with Crippen LogP contribution in [-0.2, 0) is 6.42 Å². The number of aromatic hydroxyl groups is 1. The van der Waals surface area contributed by atoms with E-state index in [2.05, 4.69) is 26.0 Å². The average molecular weight is 251 g/mol. The molecule has 1 N–H and O–H groups in total. The van der Waals surface area contributed by atoms with Crippen molar-refractivity contribution in [3.8, 4) is 22.9 Å². The highest BCUT2D eigenvalue weighted by Gasteiger charge is 2.05. The summed E-state index contributed by atoms with van der Waals surface area (Å²) in [5.41, 5.74) is 3.64. The van der Waals surface area contributed by atoms with Crippen molar-refractivity contribution in [1.29, 1.82) is 5.26 Å². The Hall–Kier alpha value is -2.27. The second-order valence-corrected chi connectivity index (χ2v) is 5.14. The summed E-state index contributed by atoms with van der Waals surface area (Å²) < 4.78 is 0. The van der Waals surface area contributed by atoms with Crippen LogP contribution >= 0.6 is 0 Å². The normalized spacial score (nSPS) is 10.4. The lowest BCUT2D eigenvalue weighted by molar-refractivity contribution is 0.473. The molecule has 0 atom stereocenters. The maximum atomic E-state index is 9.53. The van der Waals surface area contributed by atoms with Gasteiger partial charge in [-0.15, -0.1) is 0 Å². The van der Waals surface area contributed by atoms with Gasteiger partial charge in [0.1, 0.15) is 11.8 Å². The van der Waals surface area contributed by atoms with E-state index in [0.29, 0.717) is 11.5 Å². The second-order valence-electron chi connectivity index (χ2n) is 5.14. The molecule has 2 rings (SSSR count). The van der Waals surface area contributed by atoms with E-state index < -0.39 is 0 Å². The number of nitrogens with zero attached hydrogens (tertiary/aromatic N) is 1. The molecular formula is C17H17NO. The number of hydrogen-bond acceptors (Lipinski definition) is 2. The number of hydrogen-bond donors (Lipinski definition) is 1. The molecule has 0 heterocycles. The van der Waals surface area contributed by atoms with Gasteiger partial charge >= 0.3 is 0 Å². The molecule has 0 aliphatic carbocycles. The molecule has 0 radical (unpaired) electrons. The van der Waals surface area contributed by atoms with E-state index >= 15 is 0 Å². The predicted octanol–water partition coefficient (Wildman–Crippen LogP) is 4.13. The van der Waals surface area contributed by atoms with Crippen molar-refractivity contribution in [2.24, 2.45) is 5.92 Å². The van der Waals surface area contributed by atoms with Crippen LogP contribution < -0.4 is 0 Å². The summed E-state index contributed by atoms with van der Waals surface area (Å²) in [6.45, 7) is 4.39. The lowest BCUT2D eigenvalue weighted by Crippen LogP contribution is -1.94. The quantitative estimate of drug-likeness (QED) is 0.891. The van der Waals surface area contributed by atoms with E-state index in [-0.39, 0.29) is 5.75 Å². The molecule has 0 aromatic heterocycles. The zero-order valence-electron chi connectivity index (χ0n) is 11.2. The molecule has 0 amide bonds. The largest absolute Gasteiger partial charge is 0.507 e. The third kappa shape index (κ3) is 3.14. The zero-order chi connectivity index (χ0) is 13.8. The topological polar surface area (TPSA) is 44.0 Å². The van der Waals surface area contributed by atoms with E-state index in [9.17, 15) is 5.11 Å². The molecule has 0 saturated carbocycles. The van der Waals surface area contributed by atoms with Gasteiger partial charge in [-0.25, -0.2) is 0 Å². The van der Waals surface area contributed by atoms with Crippen molar-refractivity contribution >= 4 is 0 Å². The lowest BCUT2D eigenvalue weighted by atomic mass is 9.97. The van der Waals surface area contributed by atoms with Crippen molar-refractivity contribution in [2.75, 3.05) is 0 Å². The Bertz CT molecular complexity index is 623. The van der Waals surface area contributed by atoms with Gasteiger partial charge in [-0.05, 0) is 41.2 Å². The van der Waals surface area contributed by atoms with E-state index in [0.717, 1.165) is 17.5 Å². The maximum Gasteiger partial charge on any atom is 0.133 e. The van der Waals surface area contributed by atoms with Crippen LogP contribution in [0.4, 0.5) is 0 Å². The predicted molar refractivity (Wildman–Crippen MR) is 76.8 cm³/mol. The summed E-state index contributed by atoms with van der Waals surface area (Å²) >= 11 is 0. The number of benzene rings is 2. The van der Waals surface area contributed by atoms with Crippen LogP contribution in [-0.4, -0.2) is 5.11 Å². The minimum atomic E-state index is 0.0320. The first-order valence-electron chi connectivity index (χ1n) is 6.42. The summed E-state index contributed by atoms with van der Waals surface area (Å²) in [7, 11) is 0. The number of nitriles is 1. The first-order chi connectivity index (χ1) is 9.10. The van der Waals surface area contributed by atoms with Crippen LogP contribution in [0.2, 0.25) is 0 Å². The van der Waals surface area contributed by atoms with Gasteiger partial charge in [-0.1, -0.05) is 44.2 Å². The monoisotopic (exact) mass is 251 g/mol. The van der Waals surface area contributed by atoms with Crippen molar-refractivity contribution in [1.82, 2.24) is 0 Å². The SMILES string of the molecule is CC(C)Cc1cccc(-c2ccc(O)c(C#N)c2)c1. The van der Waals surface area contributed by atoms with Gasteiger partial charge in [0.15, 0.2) is 0 Å². The summed E-state index contributed by atoms with van der Waals surface area (Å²) in [6.07, 6.45) is 1.04. The molecule has 2 aromatic carbocycles. The van der Waals surface area contributed by atoms with Crippen LogP contribution in [0.5, 0.6) is 5.75 Å². The fourth-order valence-electron chi connectivity index (χ4n) is 2.15. The Balaban J connectivity index is 2.39. The summed E-state index contributed by atoms with van der Waals surface area (Å²) in [6, 6.07) is 15.5. The molecule has 0 fully saturated rings. The zero-order valence-corrected chi connectivity index (χ0v) is 11.2. The van der Waals surface area contributed by atoms with Gasteiger partial charge in [0.2, 0.25) is 0 Å². The van der Waals surface area contributed by atoms with Gasteiger partial charge in [-0.3, -0.25) is 0 Å². The Morgan fingerprint density at radius 2 is 1.84 bits per heavy atom. The van der Waals surface area contributed by atoms with E-state index in [4.69, 9.17) is 5.26 Å². The smallest absolute Gasteiger partial charge is 0.133 e. The summed E-state index contributed by atoms with van der Waals surface area (Å²) in [4.78, 5) is 0. The van der Waals surface area contributed by atoms with E-state index in [1.807, 2.05) is 24.3 Å². The molecule has 0 aliphatic heterocycles. The Kier molecular flexibility index (Phi) is 3.87. The van der Waals surface area contributed by atoms with E-state index in [1.54, 1.807) is 12.1 Å². The van der Waals surface area contributed by atoms with Crippen molar-refractivity contribution < 1.29 is 5.11 Å². The highest BCUT2D eigenvalue weighted by molar-refractivity contribution is 5.67. The van der Waals surface area contributed by atoms with Gasteiger partial charge < -0.3 is 5.11 Å². The van der Waals surface area contributed by atoms with Crippen molar-refractivity contribution in [2.45, 2.75) is 20.3 Å². The average Bonchev–Trinajstić information content (AvgIpc) is 2.39. The Labute approximate surface area is 114 Å². The summed E-state index contributed by atoms with van der Waals surface area (Å²) in [5, 5.41) is 18.5. The highest BCUT2D eigenvalue weighted by atomic mass is 16.3. The minimum absolute atomic E-state index is 0.0320. The van der Waals surface area contributed by atoms with Crippen LogP contribution in [0.1, 0.15) is 25.0 Å². The van der Waals surface area contributed by atoms with Gasteiger partial charge in [0.05, 0.1) is 5.56 Å². The van der Waals surface area contributed by atoms with Crippen molar-refractivity contribution in [3.05, 3.63) is 53.6 Å². The lowest BCUT2D eigenvalue weighted by Gasteiger charge is -2.08.